The Bertz CT molecular complexity index is 800. The molecule has 1 aromatic carbocycles. The van der Waals surface area contributed by atoms with Crippen LogP contribution in [-0.4, -0.2) is 30.6 Å². The number of aromatic nitrogens is 1. The second-order valence-corrected chi connectivity index (χ2v) is 6.35. The fourth-order valence-corrected chi connectivity index (χ4v) is 2.91. The number of thiophene rings is 1. The minimum Gasteiger partial charge on any atom is -0.492 e. The summed E-state index contributed by atoms with van der Waals surface area (Å²) in [6, 6.07) is 13.7. The maximum absolute atomic E-state index is 5.67. The molecule has 0 radical (unpaired) electrons. The van der Waals surface area contributed by atoms with Crippen molar-refractivity contribution in [2.75, 3.05) is 19.7 Å². The summed E-state index contributed by atoms with van der Waals surface area (Å²) >= 11 is 1.60. The molecular weight excluding hydrogens is 348 g/mol. The molecule has 26 heavy (non-hydrogen) atoms. The summed E-state index contributed by atoms with van der Waals surface area (Å²) < 4.78 is 11.2. The van der Waals surface area contributed by atoms with E-state index in [9.17, 15) is 0 Å². The molecule has 2 heterocycles. The van der Waals surface area contributed by atoms with E-state index in [1.807, 2.05) is 54.8 Å². The molecule has 0 saturated heterocycles. The lowest BCUT2D eigenvalue weighted by molar-refractivity contribution is 0.322. The first-order chi connectivity index (χ1) is 12.8. The Morgan fingerprint density at radius 2 is 2.08 bits per heavy atom. The Morgan fingerprint density at radius 3 is 2.85 bits per heavy atom. The Hall–Kier alpha value is -2.80. The molecule has 6 nitrogen and oxygen atoms in total. The van der Waals surface area contributed by atoms with Crippen molar-refractivity contribution < 1.29 is 9.15 Å². The number of ether oxygens (including phenoxy) is 1. The predicted octanol–water partition coefficient (Wildman–Crippen LogP) is 3.54. The first-order valence-electron chi connectivity index (χ1n) is 8.53. The quantitative estimate of drug-likeness (QED) is 0.360. The zero-order valence-electron chi connectivity index (χ0n) is 14.6. The topological polar surface area (TPSA) is 71.7 Å². The molecule has 0 saturated carbocycles. The van der Waals surface area contributed by atoms with E-state index >= 15 is 0 Å². The highest BCUT2D eigenvalue weighted by Crippen LogP contribution is 2.23. The van der Waals surface area contributed by atoms with Gasteiger partial charge < -0.3 is 19.8 Å². The first-order valence-corrected chi connectivity index (χ1v) is 9.41. The van der Waals surface area contributed by atoms with Crippen molar-refractivity contribution in [2.45, 2.75) is 13.5 Å². The maximum Gasteiger partial charge on any atom is 0.236 e. The zero-order valence-corrected chi connectivity index (χ0v) is 15.5. The molecule has 3 rings (SSSR count). The van der Waals surface area contributed by atoms with Crippen LogP contribution in [0.25, 0.3) is 10.8 Å². The van der Waals surface area contributed by atoms with Gasteiger partial charge in [0.1, 0.15) is 24.3 Å². The van der Waals surface area contributed by atoms with Gasteiger partial charge in [-0.3, -0.25) is 0 Å². The van der Waals surface area contributed by atoms with Gasteiger partial charge in [-0.2, -0.15) is 0 Å². The van der Waals surface area contributed by atoms with E-state index in [2.05, 4.69) is 20.6 Å². The highest BCUT2D eigenvalue weighted by atomic mass is 32.1. The second kappa shape index (κ2) is 9.62. The third-order valence-electron chi connectivity index (χ3n) is 3.43. The Labute approximate surface area is 156 Å². The van der Waals surface area contributed by atoms with E-state index < -0.39 is 0 Å². The molecule has 3 aromatic rings. The van der Waals surface area contributed by atoms with Crippen molar-refractivity contribution in [1.82, 2.24) is 15.6 Å². The number of aliphatic imine (C=N–C) groups is 1. The highest BCUT2D eigenvalue weighted by molar-refractivity contribution is 7.13. The number of guanidine groups is 1. The Balaban J connectivity index is 1.49. The molecule has 2 aromatic heterocycles. The molecule has 0 atom stereocenters. The van der Waals surface area contributed by atoms with E-state index in [1.54, 1.807) is 17.6 Å². The molecular formula is C19H22N4O2S. The number of hydrogen-bond acceptors (Lipinski definition) is 5. The van der Waals surface area contributed by atoms with Crippen molar-refractivity contribution in [3.05, 3.63) is 59.8 Å². The molecule has 0 aliphatic rings. The van der Waals surface area contributed by atoms with E-state index in [0.717, 1.165) is 28.8 Å². The third-order valence-corrected chi connectivity index (χ3v) is 4.29. The van der Waals surface area contributed by atoms with Gasteiger partial charge in [0.05, 0.1) is 18.0 Å². The summed E-state index contributed by atoms with van der Waals surface area (Å²) in [5.41, 5.74) is 0.797. The van der Waals surface area contributed by atoms with Gasteiger partial charge in [0.2, 0.25) is 5.89 Å². The van der Waals surface area contributed by atoms with Crippen LogP contribution >= 0.6 is 11.3 Å². The minimum absolute atomic E-state index is 0.448. The van der Waals surface area contributed by atoms with Crippen molar-refractivity contribution in [3.8, 4) is 16.5 Å². The number of rotatable bonds is 8. The van der Waals surface area contributed by atoms with Gasteiger partial charge in [0.15, 0.2) is 5.96 Å². The normalized spacial score (nSPS) is 11.3. The third kappa shape index (κ3) is 5.35. The smallest absolute Gasteiger partial charge is 0.236 e. The molecule has 0 aliphatic carbocycles. The van der Waals surface area contributed by atoms with Crippen LogP contribution in [0.15, 0.2) is 63.5 Å². The van der Waals surface area contributed by atoms with Gasteiger partial charge in [-0.05, 0) is 30.5 Å². The lowest BCUT2D eigenvalue weighted by Crippen LogP contribution is -2.39. The van der Waals surface area contributed by atoms with Crippen LogP contribution in [0.3, 0.4) is 0 Å². The van der Waals surface area contributed by atoms with E-state index in [-0.39, 0.29) is 0 Å². The maximum atomic E-state index is 5.67. The highest BCUT2D eigenvalue weighted by Gasteiger charge is 2.07. The number of oxazole rings is 1. The lowest BCUT2D eigenvalue weighted by atomic mass is 10.3. The van der Waals surface area contributed by atoms with Crippen LogP contribution < -0.4 is 15.4 Å². The second-order valence-electron chi connectivity index (χ2n) is 5.40. The van der Waals surface area contributed by atoms with E-state index in [1.165, 1.54) is 0 Å². The van der Waals surface area contributed by atoms with Crippen LogP contribution in [0, 0.1) is 0 Å². The van der Waals surface area contributed by atoms with Gasteiger partial charge in [-0.25, -0.2) is 9.98 Å². The summed E-state index contributed by atoms with van der Waals surface area (Å²) in [4.78, 5) is 10.0. The van der Waals surface area contributed by atoms with Crippen LogP contribution in [0.4, 0.5) is 0 Å². The summed E-state index contributed by atoms with van der Waals surface area (Å²) in [7, 11) is 0. The van der Waals surface area contributed by atoms with E-state index in [0.29, 0.717) is 25.6 Å². The Kier molecular flexibility index (Phi) is 6.66. The SMILES string of the molecule is CCNC(=NCc1coc(-c2cccs2)n1)NCCOc1ccccc1. The number of nitrogens with zero attached hydrogens (tertiary/aromatic N) is 2. The Morgan fingerprint density at radius 1 is 1.19 bits per heavy atom. The average Bonchev–Trinajstić information content (AvgIpc) is 3.35. The predicted molar refractivity (Wildman–Crippen MR) is 105 cm³/mol. The van der Waals surface area contributed by atoms with E-state index in [4.69, 9.17) is 9.15 Å². The van der Waals surface area contributed by atoms with Gasteiger partial charge in [0.25, 0.3) is 0 Å². The van der Waals surface area contributed by atoms with Crippen molar-refractivity contribution in [1.29, 1.82) is 0 Å². The monoisotopic (exact) mass is 370 g/mol. The fraction of sp³-hybridized carbons (Fsp3) is 0.263. The molecule has 7 heteroatoms. The van der Waals surface area contributed by atoms with Crippen molar-refractivity contribution in [3.63, 3.8) is 0 Å². The summed E-state index contributed by atoms with van der Waals surface area (Å²) in [6.07, 6.45) is 1.65. The van der Waals surface area contributed by atoms with Gasteiger partial charge >= 0.3 is 0 Å². The van der Waals surface area contributed by atoms with Crippen LogP contribution in [0.1, 0.15) is 12.6 Å². The molecule has 0 fully saturated rings. The van der Waals surface area contributed by atoms with Crippen LogP contribution in [-0.2, 0) is 6.54 Å². The summed E-state index contributed by atoms with van der Waals surface area (Å²) in [5.74, 6) is 2.23. The van der Waals surface area contributed by atoms with Gasteiger partial charge in [-0.15, -0.1) is 11.3 Å². The van der Waals surface area contributed by atoms with Crippen molar-refractivity contribution >= 4 is 17.3 Å². The average molecular weight is 370 g/mol. The minimum atomic E-state index is 0.448. The number of benzene rings is 1. The molecule has 0 spiro atoms. The molecule has 136 valence electrons. The largest absolute Gasteiger partial charge is 0.492 e. The number of nitrogens with one attached hydrogen (secondary N) is 2. The fourth-order valence-electron chi connectivity index (χ4n) is 2.25. The molecule has 0 amide bonds. The molecule has 0 unspecified atom stereocenters. The first kappa shape index (κ1) is 18.0. The van der Waals surface area contributed by atoms with Crippen LogP contribution in [0.2, 0.25) is 0 Å². The number of para-hydroxylation sites is 1. The zero-order chi connectivity index (χ0) is 18.0. The molecule has 2 N–H and O–H groups in total. The van der Waals surface area contributed by atoms with Gasteiger partial charge in [0, 0.05) is 6.54 Å². The standard InChI is InChI=1S/C19H22N4O2S/c1-2-20-19(21-10-11-24-16-7-4-3-5-8-16)22-13-15-14-25-18(23-15)17-9-6-12-26-17/h3-9,12,14H,2,10-11,13H2,1H3,(H2,20,21,22). The summed E-state index contributed by atoms with van der Waals surface area (Å²) in [6.45, 7) is 4.47. The van der Waals surface area contributed by atoms with Crippen LogP contribution in [0.5, 0.6) is 5.75 Å². The number of hydrogen-bond donors (Lipinski definition) is 2. The van der Waals surface area contributed by atoms with Gasteiger partial charge in [-0.1, -0.05) is 24.3 Å². The molecule has 0 bridgehead atoms. The summed E-state index contributed by atoms with van der Waals surface area (Å²) in [5, 5.41) is 8.47. The lowest BCUT2D eigenvalue weighted by Gasteiger charge is -2.11. The molecule has 0 aliphatic heterocycles. The van der Waals surface area contributed by atoms with Crippen molar-refractivity contribution in [2.24, 2.45) is 4.99 Å².